The van der Waals surface area contributed by atoms with Gasteiger partial charge in [-0.3, -0.25) is 4.79 Å². The first-order valence-electron chi connectivity index (χ1n) is 9.37. The minimum Gasteiger partial charge on any atom is -0.507 e. The molecule has 1 heterocycles. The molecule has 0 unspecified atom stereocenters. The van der Waals surface area contributed by atoms with Crippen LogP contribution in [0.25, 0.3) is 6.08 Å². The maximum atomic E-state index is 12.9. The van der Waals surface area contributed by atoms with E-state index >= 15 is 0 Å². The molecule has 0 saturated carbocycles. The third kappa shape index (κ3) is 3.68. The van der Waals surface area contributed by atoms with Crippen molar-refractivity contribution in [3.63, 3.8) is 0 Å². The molecule has 1 aliphatic heterocycles. The Bertz CT molecular complexity index is 915. The standard InChI is InChI=1S/C22H25NO5/c1-5-23(6-2)13-17-18(24)9-8-16-21(25)20(28-22(16)17)12-14-11-15(26-3)7-10-19(14)27-4/h7-12,24H,5-6,13H2,1-4H3/p+1. The number of ketones is 1. The number of carbonyl (C=O) groups is 1. The smallest absolute Gasteiger partial charge is 0.231 e. The topological polar surface area (TPSA) is 69.4 Å². The van der Waals surface area contributed by atoms with Crippen LogP contribution in [0.2, 0.25) is 0 Å². The van der Waals surface area contributed by atoms with Crippen molar-refractivity contribution in [2.45, 2.75) is 20.4 Å². The highest BCUT2D eigenvalue weighted by Crippen LogP contribution is 2.39. The van der Waals surface area contributed by atoms with Crippen LogP contribution in [0.4, 0.5) is 0 Å². The van der Waals surface area contributed by atoms with Gasteiger partial charge in [0.05, 0.1) is 38.4 Å². The molecule has 3 rings (SSSR count). The lowest BCUT2D eigenvalue weighted by Crippen LogP contribution is -3.10. The van der Waals surface area contributed by atoms with Gasteiger partial charge < -0.3 is 24.2 Å². The summed E-state index contributed by atoms with van der Waals surface area (Å²) in [5.74, 6) is 1.83. The minimum absolute atomic E-state index is 0.145. The van der Waals surface area contributed by atoms with E-state index in [2.05, 4.69) is 13.8 Å². The van der Waals surface area contributed by atoms with Crippen molar-refractivity contribution >= 4 is 11.9 Å². The fraction of sp³-hybridized carbons (Fsp3) is 0.318. The molecule has 0 spiro atoms. The lowest BCUT2D eigenvalue weighted by atomic mass is 10.0. The van der Waals surface area contributed by atoms with E-state index in [9.17, 15) is 9.90 Å². The Morgan fingerprint density at radius 2 is 1.86 bits per heavy atom. The fourth-order valence-corrected chi connectivity index (χ4v) is 3.31. The van der Waals surface area contributed by atoms with Crippen LogP contribution >= 0.6 is 0 Å². The molecule has 0 atom stereocenters. The zero-order valence-electron chi connectivity index (χ0n) is 16.7. The van der Waals surface area contributed by atoms with Gasteiger partial charge in [-0.25, -0.2) is 0 Å². The highest BCUT2D eigenvalue weighted by molar-refractivity contribution is 6.15. The Balaban J connectivity index is 2.01. The molecule has 0 bridgehead atoms. The minimum atomic E-state index is -0.212. The molecular weight excluding hydrogens is 358 g/mol. The van der Waals surface area contributed by atoms with E-state index in [1.807, 2.05) is 0 Å². The summed E-state index contributed by atoms with van der Waals surface area (Å²) < 4.78 is 16.6. The fourth-order valence-electron chi connectivity index (χ4n) is 3.31. The molecule has 0 aliphatic carbocycles. The van der Waals surface area contributed by atoms with E-state index in [0.29, 0.717) is 40.5 Å². The third-order valence-corrected chi connectivity index (χ3v) is 5.07. The van der Waals surface area contributed by atoms with Gasteiger partial charge in [0.15, 0.2) is 11.5 Å². The number of nitrogens with one attached hydrogen (secondary N) is 1. The van der Waals surface area contributed by atoms with Gasteiger partial charge >= 0.3 is 0 Å². The van der Waals surface area contributed by atoms with E-state index in [-0.39, 0.29) is 17.3 Å². The van der Waals surface area contributed by atoms with Crippen molar-refractivity contribution < 1.29 is 29.0 Å². The van der Waals surface area contributed by atoms with Gasteiger partial charge in [-0.2, -0.15) is 0 Å². The van der Waals surface area contributed by atoms with E-state index in [4.69, 9.17) is 14.2 Å². The van der Waals surface area contributed by atoms with Crippen molar-refractivity contribution in [1.82, 2.24) is 0 Å². The average Bonchev–Trinajstić information content (AvgIpc) is 3.03. The molecule has 0 amide bonds. The quantitative estimate of drug-likeness (QED) is 0.718. The summed E-state index contributed by atoms with van der Waals surface area (Å²) in [7, 11) is 3.15. The molecule has 2 aromatic rings. The largest absolute Gasteiger partial charge is 0.507 e. The number of allylic oxidation sites excluding steroid dienone is 1. The lowest BCUT2D eigenvalue weighted by Gasteiger charge is -2.17. The molecule has 0 saturated heterocycles. The number of fused-ring (bicyclic) bond motifs is 1. The second-order valence-electron chi connectivity index (χ2n) is 6.62. The predicted molar refractivity (Wildman–Crippen MR) is 106 cm³/mol. The Hall–Kier alpha value is -2.99. The summed E-state index contributed by atoms with van der Waals surface area (Å²) in [6.45, 7) is 6.59. The number of aromatic hydroxyl groups is 1. The van der Waals surface area contributed by atoms with Crippen LogP contribution < -0.4 is 19.1 Å². The predicted octanol–water partition coefficient (Wildman–Crippen LogP) is 2.45. The molecule has 6 nitrogen and oxygen atoms in total. The molecule has 148 valence electrons. The molecular formula is C22H26NO5+. The number of hydrogen-bond acceptors (Lipinski definition) is 5. The number of methoxy groups -OCH3 is 2. The van der Waals surface area contributed by atoms with Crippen molar-refractivity contribution in [2.24, 2.45) is 0 Å². The van der Waals surface area contributed by atoms with Gasteiger partial charge in [0.2, 0.25) is 5.78 Å². The summed E-state index contributed by atoms with van der Waals surface area (Å²) in [4.78, 5) is 14.2. The highest BCUT2D eigenvalue weighted by Gasteiger charge is 2.32. The van der Waals surface area contributed by atoms with Crippen molar-refractivity contribution in [2.75, 3.05) is 27.3 Å². The maximum Gasteiger partial charge on any atom is 0.231 e. The van der Waals surface area contributed by atoms with Crippen LogP contribution in [0, 0.1) is 0 Å². The maximum absolute atomic E-state index is 12.9. The summed E-state index contributed by atoms with van der Waals surface area (Å²) in [5.41, 5.74) is 1.80. The Kier molecular flexibility index (Phi) is 5.90. The molecule has 28 heavy (non-hydrogen) atoms. The lowest BCUT2D eigenvalue weighted by molar-refractivity contribution is -0.910. The van der Waals surface area contributed by atoms with Gasteiger partial charge in [-0.05, 0) is 50.3 Å². The van der Waals surface area contributed by atoms with E-state index in [0.717, 1.165) is 13.1 Å². The van der Waals surface area contributed by atoms with Crippen LogP contribution in [0.5, 0.6) is 23.0 Å². The second kappa shape index (κ2) is 8.35. The van der Waals surface area contributed by atoms with Gasteiger partial charge in [-0.1, -0.05) is 0 Å². The van der Waals surface area contributed by atoms with E-state index in [1.54, 1.807) is 50.6 Å². The molecule has 2 N–H and O–H groups in total. The van der Waals surface area contributed by atoms with Crippen LogP contribution in [0.1, 0.15) is 35.3 Å². The molecule has 6 heteroatoms. The summed E-state index contributed by atoms with van der Waals surface area (Å²) >= 11 is 0. The number of phenolic OH excluding ortho intramolecular Hbond substituents is 1. The number of carbonyl (C=O) groups excluding carboxylic acids is 1. The molecule has 0 fully saturated rings. The highest BCUT2D eigenvalue weighted by atomic mass is 16.5. The Labute approximate surface area is 164 Å². The number of phenols is 1. The average molecular weight is 384 g/mol. The van der Waals surface area contributed by atoms with Crippen LogP contribution in [-0.2, 0) is 6.54 Å². The van der Waals surface area contributed by atoms with E-state index < -0.39 is 0 Å². The van der Waals surface area contributed by atoms with Crippen molar-refractivity contribution in [3.05, 3.63) is 52.8 Å². The zero-order valence-corrected chi connectivity index (χ0v) is 16.7. The molecule has 1 aliphatic rings. The van der Waals surface area contributed by atoms with Gasteiger partial charge in [0.1, 0.15) is 23.8 Å². The summed E-state index contributed by atoms with van der Waals surface area (Å²) in [6.07, 6.45) is 1.65. The molecule has 0 aromatic heterocycles. The van der Waals surface area contributed by atoms with Gasteiger partial charge in [-0.15, -0.1) is 0 Å². The third-order valence-electron chi connectivity index (χ3n) is 5.07. The Morgan fingerprint density at radius 3 is 2.50 bits per heavy atom. The first kappa shape index (κ1) is 19.8. The zero-order chi connectivity index (χ0) is 20.3. The number of benzene rings is 2. The first-order chi connectivity index (χ1) is 13.5. The number of Topliss-reactive ketones (excluding diaryl/α,β-unsaturated/α-hetero) is 1. The van der Waals surface area contributed by atoms with Crippen molar-refractivity contribution in [3.8, 4) is 23.0 Å². The van der Waals surface area contributed by atoms with Crippen molar-refractivity contribution in [1.29, 1.82) is 0 Å². The van der Waals surface area contributed by atoms with Crippen LogP contribution in [0.15, 0.2) is 36.1 Å². The number of ether oxygens (including phenoxy) is 3. The van der Waals surface area contributed by atoms with Gasteiger partial charge in [0, 0.05) is 5.56 Å². The van der Waals surface area contributed by atoms with E-state index in [1.165, 1.54) is 4.90 Å². The monoisotopic (exact) mass is 384 g/mol. The van der Waals surface area contributed by atoms with Gasteiger partial charge in [0.25, 0.3) is 0 Å². The van der Waals surface area contributed by atoms with Crippen LogP contribution in [-0.4, -0.2) is 38.2 Å². The normalized spacial score (nSPS) is 14.3. The van der Waals surface area contributed by atoms with Crippen LogP contribution in [0.3, 0.4) is 0 Å². The first-order valence-corrected chi connectivity index (χ1v) is 9.37. The molecule has 2 aromatic carbocycles. The number of rotatable bonds is 7. The Morgan fingerprint density at radius 1 is 1.11 bits per heavy atom. The second-order valence-corrected chi connectivity index (χ2v) is 6.62. The SMILES string of the molecule is CC[NH+](CC)Cc1c(O)ccc2c1OC(=Cc1cc(OC)ccc1OC)C2=O. The summed E-state index contributed by atoms with van der Waals surface area (Å²) in [5, 5.41) is 10.4. The molecule has 0 radical (unpaired) electrons. The summed E-state index contributed by atoms with van der Waals surface area (Å²) in [6, 6.07) is 8.52. The number of quaternary nitrogens is 1. The number of hydrogen-bond donors (Lipinski definition) is 2.